The quantitative estimate of drug-likeness (QED) is 0.807. The molecule has 1 atom stereocenters. The summed E-state index contributed by atoms with van der Waals surface area (Å²) in [6, 6.07) is 0. The van der Waals surface area contributed by atoms with Crippen LogP contribution in [-0.4, -0.2) is 34.5 Å². The van der Waals surface area contributed by atoms with Crippen LogP contribution in [0.25, 0.3) is 0 Å². The summed E-state index contributed by atoms with van der Waals surface area (Å²) >= 11 is 4.99. The van der Waals surface area contributed by atoms with E-state index in [1.54, 1.807) is 24.6 Å². The van der Waals surface area contributed by atoms with Gasteiger partial charge in [-0.3, -0.25) is 4.79 Å². The standard InChI is InChI=1S/C13H15BrN4O2S/c1-8-7-21-12(16-8)10-6-18(3-4-20-10)9-5-15-17(2)13(19)11(9)14/h5,7,10H,3-4,6H2,1-2H3. The van der Waals surface area contributed by atoms with Crippen LogP contribution in [0.3, 0.4) is 0 Å². The molecule has 0 amide bonds. The lowest BCUT2D eigenvalue weighted by atomic mass is 10.2. The number of hydrogen-bond donors (Lipinski definition) is 0. The molecule has 0 aliphatic carbocycles. The van der Waals surface area contributed by atoms with Crippen molar-refractivity contribution in [3.63, 3.8) is 0 Å². The van der Waals surface area contributed by atoms with E-state index in [1.807, 2.05) is 12.3 Å². The van der Waals surface area contributed by atoms with Gasteiger partial charge in [-0.2, -0.15) is 5.10 Å². The van der Waals surface area contributed by atoms with Gasteiger partial charge in [0.25, 0.3) is 5.56 Å². The van der Waals surface area contributed by atoms with Crippen molar-refractivity contribution in [2.75, 3.05) is 24.6 Å². The highest BCUT2D eigenvalue weighted by molar-refractivity contribution is 9.10. The Kier molecular flexibility index (Phi) is 4.10. The fraction of sp³-hybridized carbons (Fsp3) is 0.462. The zero-order valence-electron chi connectivity index (χ0n) is 11.7. The molecule has 6 nitrogen and oxygen atoms in total. The molecule has 21 heavy (non-hydrogen) atoms. The molecule has 0 N–H and O–H groups in total. The molecular formula is C13H15BrN4O2S. The number of hydrogen-bond acceptors (Lipinski definition) is 6. The molecule has 112 valence electrons. The van der Waals surface area contributed by atoms with Crippen molar-refractivity contribution in [3.8, 4) is 0 Å². The van der Waals surface area contributed by atoms with Gasteiger partial charge in [0.15, 0.2) is 0 Å². The number of thiazole rings is 1. The summed E-state index contributed by atoms with van der Waals surface area (Å²) in [7, 11) is 1.64. The lowest BCUT2D eigenvalue weighted by molar-refractivity contribution is 0.0395. The number of halogens is 1. The van der Waals surface area contributed by atoms with Gasteiger partial charge in [0, 0.05) is 24.7 Å². The lowest BCUT2D eigenvalue weighted by Crippen LogP contribution is -2.39. The van der Waals surface area contributed by atoms with Gasteiger partial charge in [0.1, 0.15) is 15.6 Å². The Bertz CT molecular complexity index is 714. The zero-order valence-corrected chi connectivity index (χ0v) is 14.1. The number of anilines is 1. The Morgan fingerprint density at radius 3 is 3.05 bits per heavy atom. The van der Waals surface area contributed by atoms with Crippen LogP contribution in [0.2, 0.25) is 0 Å². The predicted molar refractivity (Wildman–Crippen MR) is 84.9 cm³/mol. The van der Waals surface area contributed by atoms with Crippen molar-refractivity contribution in [2.45, 2.75) is 13.0 Å². The molecule has 0 aromatic carbocycles. The number of ether oxygens (including phenoxy) is 1. The number of nitrogens with zero attached hydrogens (tertiary/aromatic N) is 4. The van der Waals surface area contributed by atoms with Gasteiger partial charge in [-0.15, -0.1) is 11.3 Å². The fourth-order valence-corrected chi connectivity index (χ4v) is 3.70. The Morgan fingerprint density at radius 2 is 2.33 bits per heavy atom. The van der Waals surface area contributed by atoms with Gasteiger partial charge in [0.05, 0.1) is 25.0 Å². The summed E-state index contributed by atoms with van der Waals surface area (Å²) in [6.07, 6.45) is 1.65. The summed E-state index contributed by atoms with van der Waals surface area (Å²) in [5, 5.41) is 7.09. The van der Waals surface area contributed by atoms with Gasteiger partial charge < -0.3 is 9.64 Å². The lowest BCUT2D eigenvalue weighted by Gasteiger charge is -2.33. The highest BCUT2D eigenvalue weighted by Crippen LogP contribution is 2.30. The second-order valence-electron chi connectivity index (χ2n) is 4.91. The summed E-state index contributed by atoms with van der Waals surface area (Å²) < 4.78 is 7.66. The van der Waals surface area contributed by atoms with Crippen LogP contribution < -0.4 is 10.5 Å². The molecule has 1 saturated heterocycles. The van der Waals surface area contributed by atoms with E-state index in [0.29, 0.717) is 17.6 Å². The van der Waals surface area contributed by atoms with Crippen molar-refractivity contribution >= 4 is 33.0 Å². The van der Waals surface area contributed by atoms with Crippen LogP contribution in [-0.2, 0) is 11.8 Å². The van der Waals surface area contributed by atoms with Crippen LogP contribution in [0.4, 0.5) is 5.69 Å². The highest BCUT2D eigenvalue weighted by atomic mass is 79.9. The molecule has 2 aromatic heterocycles. The second-order valence-corrected chi connectivity index (χ2v) is 6.59. The van der Waals surface area contributed by atoms with Crippen molar-refractivity contribution in [1.82, 2.24) is 14.8 Å². The van der Waals surface area contributed by atoms with Crippen LogP contribution in [0, 0.1) is 6.92 Å². The summed E-state index contributed by atoms with van der Waals surface area (Å²) in [5.74, 6) is 0. The van der Waals surface area contributed by atoms with Gasteiger partial charge in [0.2, 0.25) is 0 Å². The minimum atomic E-state index is -0.138. The Balaban J connectivity index is 1.87. The van der Waals surface area contributed by atoms with E-state index in [2.05, 4.69) is 30.9 Å². The molecule has 1 aliphatic rings. The smallest absolute Gasteiger partial charge is 0.282 e. The number of rotatable bonds is 2. The van der Waals surface area contributed by atoms with E-state index in [1.165, 1.54) is 4.68 Å². The first-order valence-electron chi connectivity index (χ1n) is 6.56. The summed E-state index contributed by atoms with van der Waals surface area (Å²) in [5.41, 5.74) is 1.67. The Hall–Kier alpha value is -1.25. The SMILES string of the molecule is Cc1csc(C2CN(c3cnn(C)c(=O)c3Br)CCO2)n1. The molecule has 3 rings (SSSR count). The van der Waals surface area contributed by atoms with E-state index in [0.717, 1.165) is 22.9 Å². The van der Waals surface area contributed by atoms with Crippen molar-refractivity contribution in [3.05, 3.63) is 37.1 Å². The van der Waals surface area contributed by atoms with E-state index in [9.17, 15) is 4.79 Å². The summed E-state index contributed by atoms with van der Waals surface area (Å²) in [6.45, 7) is 3.97. The molecule has 0 spiro atoms. The third-order valence-electron chi connectivity index (χ3n) is 3.38. The van der Waals surface area contributed by atoms with Gasteiger partial charge in [-0.05, 0) is 22.9 Å². The molecule has 2 aromatic rings. The van der Waals surface area contributed by atoms with Crippen molar-refractivity contribution in [2.24, 2.45) is 7.05 Å². The van der Waals surface area contributed by atoms with E-state index >= 15 is 0 Å². The molecular weight excluding hydrogens is 356 g/mol. The first-order chi connectivity index (χ1) is 10.1. The maximum Gasteiger partial charge on any atom is 0.282 e. The molecule has 0 bridgehead atoms. The highest BCUT2D eigenvalue weighted by Gasteiger charge is 2.26. The predicted octanol–water partition coefficient (Wildman–Crippen LogP) is 1.89. The van der Waals surface area contributed by atoms with E-state index < -0.39 is 0 Å². The van der Waals surface area contributed by atoms with Crippen molar-refractivity contribution < 1.29 is 4.74 Å². The Labute approximate surface area is 134 Å². The average Bonchev–Trinajstić information content (AvgIpc) is 2.92. The zero-order chi connectivity index (χ0) is 15.0. The van der Waals surface area contributed by atoms with Crippen molar-refractivity contribution in [1.29, 1.82) is 0 Å². The third kappa shape index (κ3) is 2.88. The molecule has 0 saturated carbocycles. The van der Waals surface area contributed by atoms with Crippen LogP contribution >= 0.6 is 27.3 Å². The number of morpholine rings is 1. The van der Waals surface area contributed by atoms with Gasteiger partial charge >= 0.3 is 0 Å². The summed E-state index contributed by atoms with van der Waals surface area (Å²) in [4.78, 5) is 18.6. The van der Waals surface area contributed by atoms with Gasteiger partial charge in [-0.1, -0.05) is 0 Å². The maximum atomic E-state index is 12.0. The number of aryl methyl sites for hydroxylation is 2. The molecule has 1 fully saturated rings. The van der Waals surface area contributed by atoms with Gasteiger partial charge in [-0.25, -0.2) is 9.67 Å². The second kappa shape index (κ2) is 5.86. The molecule has 3 heterocycles. The fourth-order valence-electron chi connectivity index (χ4n) is 2.26. The molecule has 8 heteroatoms. The monoisotopic (exact) mass is 370 g/mol. The van der Waals surface area contributed by atoms with E-state index in [-0.39, 0.29) is 11.7 Å². The number of aromatic nitrogens is 3. The first-order valence-corrected chi connectivity index (χ1v) is 8.24. The molecule has 1 unspecified atom stereocenters. The average molecular weight is 371 g/mol. The normalized spacial score (nSPS) is 19.0. The van der Waals surface area contributed by atoms with Crippen LogP contribution in [0.15, 0.2) is 20.8 Å². The maximum absolute atomic E-state index is 12.0. The molecule has 0 radical (unpaired) electrons. The third-order valence-corrected chi connectivity index (χ3v) is 5.18. The largest absolute Gasteiger partial charge is 0.367 e. The topological polar surface area (TPSA) is 60.2 Å². The minimum absolute atomic E-state index is 0.0617. The first kappa shape index (κ1) is 14.7. The van der Waals surface area contributed by atoms with E-state index in [4.69, 9.17) is 4.74 Å². The molecule has 1 aliphatic heterocycles. The Morgan fingerprint density at radius 1 is 1.52 bits per heavy atom. The minimum Gasteiger partial charge on any atom is -0.367 e. The van der Waals surface area contributed by atoms with Crippen LogP contribution in [0.5, 0.6) is 0 Å². The van der Waals surface area contributed by atoms with Crippen LogP contribution in [0.1, 0.15) is 16.8 Å².